The number of aliphatic hydroxyl groups is 2. The first-order valence-electron chi connectivity index (χ1n) is 17.9. The smallest absolute Gasteiger partial charge is 0.223 e. The van der Waals surface area contributed by atoms with Gasteiger partial charge in [-0.1, -0.05) is 34.6 Å². The maximum absolute atomic E-state index is 12.8. The lowest BCUT2D eigenvalue weighted by molar-refractivity contribution is -0.248. The van der Waals surface area contributed by atoms with Gasteiger partial charge < -0.3 is 29.3 Å². The van der Waals surface area contributed by atoms with E-state index in [1.165, 1.54) is 51.4 Å². The van der Waals surface area contributed by atoms with Crippen molar-refractivity contribution >= 4 is 5.91 Å². The molecule has 2 heterocycles. The molecule has 2 saturated heterocycles. The third kappa shape index (κ3) is 3.87. The summed E-state index contributed by atoms with van der Waals surface area (Å²) in [6, 6.07) is 0. The molecular formula is C36H57NO6. The van der Waals surface area contributed by atoms with Crippen LogP contribution >= 0.6 is 0 Å². The molecule has 0 radical (unpaired) electrons. The highest BCUT2D eigenvalue weighted by molar-refractivity contribution is 5.76. The Morgan fingerprint density at radius 1 is 1.00 bits per heavy atom. The second-order valence-electron chi connectivity index (χ2n) is 17.7. The normalized spacial score (nSPS) is 55.0. The molecule has 7 nitrogen and oxygen atoms in total. The summed E-state index contributed by atoms with van der Waals surface area (Å²) in [6.45, 7) is 14.0. The van der Waals surface area contributed by atoms with Crippen molar-refractivity contribution in [3.05, 3.63) is 0 Å². The van der Waals surface area contributed by atoms with Crippen LogP contribution in [0.3, 0.4) is 0 Å². The summed E-state index contributed by atoms with van der Waals surface area (Å²) < 4.78 is 19.4. The van der Waals surface area contributed by atoms with Crippen molar-refractivity contribution in [2.75, 3.05) is 26.3 Å². The summed E-state index contributed by atoms with van der Waals surface area (Å²) in [4.78, 5) is 14.8. The molecule has 8 rings (SSSR count). The number of carbonyl (C=O) groups excluding carboxylic acids is 1. The van der Waals surface area contributed by atoms with Gasteiger partial charge in [0.1, 0.15) is 0 Å². The Morgan fingerprint density at radius 3 is 2.49 bits per heavy atom. The standard InChI is InChI=1S/C36H57NO6/c1-21-16-23(19-38)42-30-29(21)33(4)12-13-36-20-35(36)11-10-26(32(2,3)24(35)8-9-25(36)34(33,5)31(30)40)43-28-18-37(14-15-41-28)27(39)17-22-6-7-22/h21-26,28-31,38,40H,6-20H2,1-5H3/t21-,23-,24?,25+,26+,28+,29+,30+,31+,33-,34-,35-,36?/m1/s1. The number of aliphatic hydroxyl groups excluding tert-OH is 2. The third-order valence-corrected chi connectivity index (χ3v) is 15.9. The molecule has 6 aliphatic carbocycles. The van der Waals surface area contributed by atoms with E-state index in [-0.39, 0.29) is 53.4 Å². The molecule has 6 saturated carbocycles. The van der Waals surface area contributed by atoms with Crippen molar-refractivity contribution < 1.29 is 29.2 Å². The van der Waals surface area contributed by atoms with Gasteiger partial charge in [-0.25, -0.2) is 0 Å². The first kappa shape index (κ1) is 29.7. The number of morpholine rings is 1. The number of fused-ring (bicyclic) bond motifs is 4. The van der Waals surface area contributed by atoms with Gasteiger partial charge in [0.05, 0.1) is 44.2 Å². The maximum Gasteiger partial charge on any atom is 0.223 e. The van der Waals surface area contributed by atoms with Crippen molar-refractivity contribution in [2.45, 2.75) is 136 Å². The second-order valence-corrected chi connectivity index (χ2v) is 17.7. The number of hydrogen-bond acceptors (Lipinski definition) is 6. The average Bonchev–Trinajstić information content (AvgIpc) is 3.90. The van der Waals surface area contributed by atoms with Crippen LogP contribution in [-0.2, 0) is 19.0 Å². The van der Waals surface area contributed by atoms with Crippen LogP contribution in [-0.4, -0.2) is 78.0 Å². The van der Waals surface area contributed by atoms with E-state index in [0.29, 0.717) is 66.5 Å². The molecule has 2 unspecified atom stereocenters. The van der Waals surface area contributed by atoms with Gasteiger partial charge in [-0.2, -0.15) is 0 Å². The fourth-order valence-electron chi connectivity index (χ4n) is 13.6. The van der Waals surface area contributed by atoms with Crippen LogP contribution in [0.15, 0.2) is 0 Å². The van der Waals surface area contributed by atoms with E-state index in [9.17, 15) is 15.0 Å². The monoisotopic (exact) mass is 599 g/mol. The van der Waals surface area contributed by atoms with E-state index in [2.05, 4.69) is 34.6 Å². The lowest BCUT2D eigenvalue weighted by Crippen LogP contribution is -2.60. The van der Waals surface area contributed by atoms with E-state index < -0.39 is 6.10 Å². The predicted molar refractivity (Wildman–Crippen MR) is 162 cm³/mol. The Morgan fingerprint density at radius 2 is 1.74 bits per heavy atom. The molecule has 242 valence electrons. The lowest BCUT2D eigenvalue weighted by Gasteiger charge is -2.64. The Bertz CT molecular complexity index is 1140. The van der Waals surface area contributed by atoms with Crippen molar-refractivity contribution in [3.8, 4) is 0 Å². The second kappa shape index (κ2) is 9.65. The molecular weight excluding hydrogens is 542 g/mol. The van der Waals surface area contributed by atoms with Crippen molar-refractivity contribution in [3.63, 3.8) is 0 Å². The van der Waals surface area contributed by atoms with Crippen molar-refractivity contribution in [2.24, 2.45) is 56.7 Å². The average molecular weight is 600 g/mol. The summed E-state index contributed by atoms with van der Waals surface area (Å²) >= 11 is 0. The van der Waals surface area contributed by atoms with Gasteiger partial charge in [-0.15, -0.1) is 0 Å². The van der Waals surface area contributed by atoms with E-state index in [1.807, 2.05) is 4.90 Å². The minimum Gasteiger partial charge on any atom is -0.394 e. The van der Waals surface area contributed by atoms with Gasteiger partial charge >= 0.3 is 0 Å². The molecule has 43 heavy (non-hydrogen) atoms. The van der Waals surface area contributed by atoms with Crippen LogP contribution in [0.25, 0.3) is 0 Å². The highest BCUT2D eigenvalue weighted by atomic mass is 16.7. The molecule has 2 aliphatic heterocycles. The molecule has 8 fully saturated rings. The zero-order valence-electron chi connectivity index (χ0n) is 27.4. The van der Waals surface area contributed by atoms with Gasteiger partial charge in [0, 0.05) is 18.4 Å². The van der Waals surface area contributed by atoms with E-state index in [4.69, 9.17) is 14.2 Å². The Labute approximate surface area is 258 Å². The predicted octanol–water partition coefficient (Wildman–Crippen LogP) is 5.16. The molecule has 0 bridgehead atoms. The number of ether oxygens (including phenoxy) is 3. The highest BCUT2D eigenvalue weighted by Gasteiger charge is 2.84. The number of hydrogen-bond donors (Lipinski definition) is 2. The van der Waals surface area contributed by atoms with Crippen LogP contribution in [0.1, 0.15) is 105 Å². The molecule has 0 aromatic carbocycles. The summed E-state index contributed by atoms with van der Waals surface area (Å²) in [6.07, 6.45) is 11.4. The minimum atomic E-state index is -0.475. The Hall–Kier alpha value is -0.730. The minimum absolute atomic E-state index is 0.0340. The van der Waals surface area contributed by atoms with Crippen molar-refractivity contribution in [1.82, 2.24) is 4.90 Å². The van der Waals surface area contributed by atoms with Crippen LogP contribution in [0.4, 0.5) is 0 Å². The number of rotatable bonds is 5. The van der Waals surface area contributed by atoms with E-state index >= 15 is 0 Å². The Kier molecular flexibility index (Phi) is 6.66. The molecule has 0 aromatic heterocycles. The quantitative estimate of drug-likeness (QED) is 0.454. The van der Waals surface area contributed by atoms with Gasteiger partial charge in [0.25, 0.3) is 0 Å². The molecule has 1 amide bonds. The fraction of sp³-hybridized carbons (Fsp3) is 0.972. The molecule has 13 atom stereocenters. The number of carbonyl (C=O) groups is 1. The lowest BCUT2D eigenvalue weighted by atomic mass is 9.41. The largest absolute Gasteiger partial charge is 0.394 e. The zero-order valence-corrected chi connectivity index (χ0v) is 27.4. The van der Waals surface area contributed by atoms with Gasteiger partial charge in [0.15, 0.2) is 6.29 Å². The number of amides is 1. The van der Waals surface area contributed by atoms with Gasteiger partial charge in [0.2, 0.25) is 5.91 Å². The summed E-state index contributed by atoms with van der Waals surface area (Å²) in [5, 5.41) is 22.2. The summed E-state index contributed by atoms with van der Waals surface area (Å²) in [5.41, 5.74) is 0.578. The SMILES string of the molecule is C[C@@H]1C[C@H](CO)O[C@H]2[C@H]1[C@@]1(C)CCC34C[C@@]35CC[C@H](O[C@H]3CN(C(=O)CC6CC6)CCO3)C(C)(C)C5CC[C@H]4[C@]1(C)[C@H]2O. The van der Waals surface area contributed by atoms with Crippen LogP contribution < -0.4 is 0 Å². The molecule has 0 aromatic rings. The van der Waals surface area contributed by atoms with Gasteiger partial charge in [-0.05, 0) is 115 Å². The van der Waals surface area contributed by atoms with Gasteiger partial charge in [-0.3, -0.25) is 4.79 Å². The molecule has 2 spiro atoms. The molecule has 7 heteroatoms. The Balaban J connectivity index is 1.01. The van der Waals surface area contributed by atoms with Crippen molar-refractivity contribution in [1.29, 1.82) is 0 Å². The summed E-state index contributed by atoms with van der Waals surface area (Å²) in [5.74, 6) is 2.80. The topological polar surface area (TPSA) is 88.5 Å². The fourth-order valence-corrected chi connectivity index (χ4v) is 13.6. The molecule has 8 aliphatic rings. The zero-order chi connectivity index (χ0) is 30.2. The van der Waals surface area contributed by atoms with Crippen LogP contribution in [0.2, 0.25) is 0 Å². The molecule has 2 N–H and O–H groups in total. The third-order valence-electron chi connectivity index (χ3n) is 15.9. The van der Waals surface area contributed by atoms with Crippen LogP contribution in [0, 0.1) is 56.7 Å². The first-order valence-corrected chi connectivity index (χ1v) is 17.9. The van der Waals surface area contributed by atoms with Crippen LogP contribution in [0.5, 0.6) is 0 Å². The maximum atomic E-state index is 12.8. The summed E-state index contributed by atoms with van der Waals surface area (Å²) in [7, 11) is 0. The van der Waals surface area contributed by atoms with E-state index in [0.717, 1.165) is 12.8 Å². The van der Waals surface area contributed by atoms with E-state index in [1.54, 1.807) is 0 Å². The highest BCUT2D eigenvalue weighted by Crippen LogP contribution is 2.89. The number of nitrogens with zero attached hydrogens (tertiary/aromatic N) is 1. The first-order chi connectivity index (χ1) is 20.4.